The first kappa shape index (κ1) is 18.1. The lowest BCUT2D eigenvalue weighted by Gasteiger charge is -2.10. The molecule has 0 unspecified atom stereocenters. The van der Waals surface area contributed by atoms with Crippen molar-refractivity contribution in [3.05, 3.63) is 71.1 Å². The molecule has 134 valence electrons. The standard InChI is InChI=1S/C17H15ClN4O3S/c1-26(24,25)15-10-12(5-6-14(15)18)17(23)20-11-13-4-2-7-19-16(13)22-9-3-8-21-22/h2-10H,11H2,1H3,(H,20,23). The van der Waals surface area contributed by atoms with E-state index in [1.807, 2.05) is 6.07 Å². The van der Waals surface area contributed by atoms with E-state index < -0.39 is 15.7 Å². The second kappa shape index (κ2) is 7.27. The highest BCUT2D eigenvalue weighted by Gasteiger charge is 2.16. The van der Waals surface area contributed by atoms with Crippen LogP contribution in [0.1, 0.15) is 15.9 Å². The number of nitrogens with zero attached hydrogens (tertiary/aromatic N) is 3. The van der Waals surface area contributed by atoms with Crippen LogP contribution in [0.25, 0.3) is 5.82 Å². The van der Waals surface area contributed by atoms with E-state index in [4.69, 9.17) is 11.6 Å². The summed E-state index contributed by atoms with van der Waals surface area (Å²) < 4.78 is 25.1. The van der Waals surface area contributed by atoms with Crippen molar-refractivity contribution in [1.82, 2.24) is 20.1 Å². The number of sulfone groups is 1. The van der Waals surface area contributed by atoms with E-state index in [9.17, 15) is 13.2 Å². The molecular formula is C17H15ClN4O3S. The average Bonchev–Trinajstić information content (AvgIpc) is 3.13. The Labute approximate surface area is 155 Å². The molecular weight excluding hydrogens is 376 g/mol. The molecule has 0 bridgehead atoms. The fourth-order valence-corrected chi connectivity index (χ4v) is 3.68. The molecule has 0 fully saturated rings. The van der Waals surface area contributed by atoms with Crippen LogP contribution < -0.4 is 5.32 Å². The Morgan fingerprint density at radius 3 is 2.73 bits per heavy atom. The second-order valence-corrected chi connectivity index (χ2v) is 7.93. The van der Waals surface area contributed by atoms with Crippen molar-refractivity contribution in [1.29, 1.82) is 0 Å². The molecule has 2 heterocycles. The smallest absolute Gasteiger partial charge is 0.251 e. The molecule has 1 amide bonds. The Balaban J connectivity index is 1.81. The van der Waals surface area contributed by atoms with Gasteiger partial charge in [-0.2, -0.15) is 5.10 Å². The van der Waals surface area contributed by atoms with E-state index in [-0.39, 0.29) is 22.0 Å². The maximum absolute atomic E-state index is 12.4. The zero-order chi connectivity index (χ0) is 18.7. The van der Waals surface area contributed by atoms with Gasteiger partial charge in [-0.15, -0.1) is 0 Å². The molecule has 3 rings (SSSR count). The molecule has 0 saturated heterocycles. The van der Waals surface area contributed by atoms with Crippen LogP contribution in [0.4, 0.5) is 0 Å². The number of carbonyl (C=O) groups excluding carboxylic acids is 1. The van der Waals surface area contributed by atoms with Gasteiger partial charge in [0.1, 0.15) is 0 Å². The molecule has 2 aromatic heterocycles. The molecule has 1 aromatic carbocycles. The van der Waals surface area contributed by atoms with Crippen LogP contribution in [0, 0.1) is 0 Å². The van der Waals surface area contributed by atoms with Crippen molar-refractivity contribution in [2.75, 3.05) is 6.26 Å². The fraction of sp³-hybridized carbons (Fsp3) is 0.118. The van der Waals surface area contributed by atoms with Crippen LogP contribution in [-0.4, -0.2) is 35.3 Å². The number of halogens is 1. The van der Waals surface area contributed by atoms with E-state index in [0.717, 1.165) is 11.8 Å². The molecule has 0 aliphatic heterocycles. The second-order valence-electron chi connectivity index (χ2n) is 5.54. The Bertz CT molecular complexity index is 1050. The lowest BCUT2D eigenvalue weighted by Crippen LogP contribution is -2.24. The Morgan fingerprint density at radius 2 is 2.04 bits per heavy atom. The van der Waals surface area contributed by atoms with Gasteiger partial charge in [0.05, 0.1) is 9.92 Å². The first-order chi connectivity index (χ1) is 12.4. The van der Waals surface area contributed by atoms with E-state index in [1.54, 1.807) is 35.4 Å². The number of nitrogens with one attached hydrogen (secondary N) is 1. The first-order valence-corrected chi connectivity index (χ1v) is 9.85. The highest BCUT2D eigenvalue weighted by Crippen LogP contribution is 2.22. The van der Waals surface area contributed by atoms with Gasteiger partial charge in [0.15, 0.2) is 15.7 Å². The van der Waals surface area contributed by atoms with Crippen LogP contribution in [0.2, 0.25) is 5.02 Å². The summed E-state index contributed by atoms with van der Waals surface area (Å²) >= 11 is 5.91. The molecule has 1 N–H and O–H groups in total. The van der Waals surface area contributed by atoms with Crippen molar-refractivity contribution < 1.29 is 13.2 Å². The summed E-state index contributed by atoms with van der Waals surface area (Å²) in [6, 6.07) is 9.50. The molecule has 0 atom stereocenters. The summed E-state index contributed by atoms with van der Waals surface area (Å²) in [6.07, 6.45) is 6.07. The zero-order valence-electron chi connectivity index (χ0n) is 13.8. The lowest BCUT2D eigenvalue weighted by atomic mass is 10.2. The minimum atomic E-state index is -3.53. The highest BCUT2D eigenvalue weighted by molar-refractivity contribution is 7.90. The monoisotopic (exact) mass is 390 g/mol. The largest absolute Gasteiger partial charge is 0.348 e. The predicted octanol–water partition coefficient (Wildman–Crippen LogP) is 2.25. The summed E-state index contributed by atoms with van der Waals surface area (Å²) in [5.74, 6) is 0.188. The highest BCUT2D eigenvalue weighted by atomic mass is 35.5. The van der Waals surface area contributed by atoms with E-state index >= 15 is 0 Å². The third-order valence-corrected chi connectivity index (χ3v) is 5.20. The number of benzene rings is 1. The maximum Gasteiger partial charge on any atom is 0.251 e. The van der Waals surface area contributed by atoms with E-state index in [0.29, 0.717) is 5.82 Å². The van der Waals surface area contributed by atoms with Gasteiger partial charge in [0, 0.05) is 42.5 Å². The van der Waals surface area contributed by atoms with Gasteiger partial charge in [0.2, 0.25) is 0 Å². The quantitative estimate of drug-likeness (QED) is 0.721. The summed E-state index contributed by atoms with van der Waals surface area (Å²) in [7, 11) is -3.53. The van der Waals surface area contributed by atoms with Gasteiger partial charge in [-0.25, -0.2) is 18.1 Å². The normalized spacial score (nSPS) is 11.3. The van der Waals surface area contributed by atoms with Crippen LogP contribution >= 0.6 is 11.6 Å². The summed E-state index contributed by atoms with van der Waals surface area (Å²) in [4.78, 5) is 16.6. The van der Waals surface area contributed by atoms with E-state index in [1.165, 1.54) is 18.2 Å². The molecule has 7 nitrogen and oxygen atoms in total. The average molecular weight is 391 g/mol. The molecule has 26 heavy (non-hydrogen) atoms. The molecule has 0 aliphatic carbocycles. The summed E-state index contributed by atoms with van der Waals surface area (Å²) in [5, 5.41) is 6.98. The Morgan fingerprint density at radius 1 is 1.23 bits per heavy atom. The molecule has 0 aliphatic rings. The number of carbonyl (C=O) groups is 1. The topological polar surface area (TPSA) is 94.0 Å². The third kappa shape index (κ3) is 3.92. The van der Waals surface area contributed by atoms with Gasteiger partial charge >= 0.3 is 0 Å². The minimum absolute atomic E-state index is 0.0783. The number of amides is 1. The lowest BCUT2D eigenvalue weighted by molar-refractivity contribution is 0.0950. The van der Waals surface area contributed by atoms with Gasteiger partial charge in [-0.05, 0) is 30.3 Å². The van der Waals surface area contributed by atoms with Gasteiger partial charge in [0.25, 0.3) is 5.91 Å². The molecule has 0 saturated carbocycles. The number of hydrogen-bond donors (Lipinski definition) is 1. The summed E-state index contributed by atoms with van der Waals surface area (Å²) in [5.41, 5.74) is 0.973. The minimum Gasteiger partial charge on any atom is -0.348 e. The van der Waals surface area contributed by atoms with Crippen molar-refractivity contribution in [3.63, 3.8) is 0 Å². The molecule has 9 heteroatoms. The number of rotatable bonds is 5. The van der Waals surface area contributed by atoms with Crippen LogP contribution in [0.15, 0.2) is 59.9 Å². The Hall–Kier alpha value is -2.71. The summed E-state index contributed by atoms with van der Waals surface area (Å²) in [6.45, 7) is 0.207. The van der Waals surface area contributed by atoms with Gasteiger partial charge in [-0.3, -0.25) is 4.79 Å². The van der Waals surface area contributed by atoms with Crippen LogP contribution in [0.3, 0.4) is 0 Å². The predicted molar refractivity (Wildman–Crippen MR) is 97.1 cm³/mol. The maximum atomic E-state index is 12.4. The molecule has 0 spiro atoms. The fourth-order valence-electron chi connectivity index (χ4n) is 2.37. The van der Waals surface area contributed by atoms with Crippen molar-refractivity contribution in [3.8, 4) is 5.82 Å². The molecule has 3 aromatic rings. The van der Waals surface area contributed by atoms with Gasteiger partial charge in [-0.1, -0.05) is 17.7 Å². The number of pyridine rings is 1. The van der Waals surface area contributed by atoms with Gasteiger partial charge < -0.3 is 5.32 Å². The SMILES string of the molecule is CS(=O)(=O)c1cc(C(=O)NCc2cccnc2-n2cccn2)ccc1Cl. The third-order valence-electron chi connectivity index (χ3n) is 3.62. The van der Waals surface area contributed by atoms with Crippen LogP contribution in [0.5, 0.6) is 0 Å². The van der Waals surface area contributed by atoms with E-state index in [2.05, 4.69) is 15.4 Å². The first-order valence-electron chi connectivity index (χ1n) is 7.58. The van der Waals surface area contributed by atoms with Crippen LogP contribution in [-0.2, 0) is 16.4 Å². The number of aromatic nitrogens is 3. The molecule has 0 radical (unpaired) electrons. The van der Waals surface area contributed by atoms with Crippen molar-refractivity contribution in [2.45, 2.75) is 11.4 Å². The Kier molecular flexibility index (Phi) is 5.06. The zero-order valence-corrected chi connectivity index (χ0v) is 15.3. The van der Waals surface area contributed by atoms with Crippen molar-refractivity contribution in [2.24, 2.45) is 0 Å². The van der Waals surface area contributed by atoms with Crippen molar-refractivity contribution >= 4 is 27.3 Å². The number of hydrogen-bond acceptors (Lipinski definition) is 5.